The highest BCUT2D eigenvalue weighted by Gasteiger charge is 2.16. The van der Waals surface area contributed by atoms with Crippen molar-refractivity contribution in [3.05, 3.63) is 12.7 Å². The van der Waals surface area contributed by atoms with Crippen LogP contribution in [0, 0.1) is 5.92 Å². The lowest BCUT2D eigenvalue weighted by atomic mass is 10.0. The molecule has 0 rings (SSSR count). The van der Waals surface area contributed by atoms with Crippen LogP contribution in [0.15, 0.2) is 12.7 Å². The Morgan fingerprint density at radius 2 is 2.23 bits per heavy atom. The molecule has 13 heavy (non-hydrogen) atoms. The monoisotopic (exact) mass is 188 g/mol. The molecule has 1 unspecified atom stereocenters. The molecule has 0 aromatic rings. The van der Waals surface area contributed by atoms with E-state index in [-0.39, 0.29) is 12.0 Å². The zero-order chi connectivity index (χ0) is 10.3. The molecule has 2 nitrogen and oxygen atoms in total. The Bertz CT molecular complexity index is 166. The standard InChI is InChI=1S/C10H17FO2/c1-4-5-6-9(8(2)3)13-10(12)7-11/h4,8-9H,1,5-7H2,2-3H3. The summed E-state index contributed by atoms with van der Waals surface area (Å²) in [7, 11) is 0. The van der Waals surface area contributed by atoms with Gasteiger partial charge in [0.25, 0.3) is 0 Å². The lowest BCUT2D eigenvalue weighted by Crippen LogP contribution is -2.24. The van der Waals surface area contributed by atoms with E-state index >= 15 is 0 Å². The first kappa shape index (κ1) is 12.1. The summed E-state index contributed by atoms with van der Waals surface area (Å²) in [6.45, 7) is 6.42. The maximum Gasteiger partial charge on any atom is 0.337 e. The van der Waals surface area contributed by atoms with Gasteiger partial charge < -0.3 is 4.74 Å². The van der Waals surface area contributed by atoms with E-state index in [0.29, 0.717) is 6.42 Å². The minimum atomic E-state index is -1.04. The predicted octanol–water partition coefficient (Wildman–Crippen LogP) is 2.49. The van der Waals surface area contributed by atoms with Crippen LogP contribution in [0.4, 0.5) is 4.39 Å². The number of carbonyl (C=O) groups is 1. The molecule has 0 N–H and O–H groups in total. The molecule has 0 heterocycles. The molecule has 0 fully saturated rings. The zero-order valence-electron chi connectivity index (χ0n) is 8.25. The Balaban J connectivity index is 3.93. The molecule has 3 heteroatoms. The number of hydrogen-bond acceptors (Lipinski definition) is 2. The second-order valence-corrected chi connectivity index (χ2v) is 3.27. The number of hydrogen-bond donors (Lipinski definition) is 0. The SMILES string of the molecule is C=CCCC(OC(=O)CF)C(C)C. The topological polar surface area (TPSA) is 26.3 Å². The van der Waals surface area contributed by atoms with Crippen LogP contribution in [-0.4, -0.2) is 18.7 Å². The number of carbonyl (C=O) groups excluding carboxylic acids is 1. The minimum absolute atomic E-state index is 0.193. The Morgan fingerprint density at radius 1 is 1.62 bits per heavy atom. The quantitative estimate of drug-likeness (QED) is 0.473. The summed E-state index contributed by atoms with van der Waals surface area (Å²) in [6, 6.07) is 0. The molecule has 0 radical (unpaired) electrons. The van der Waals surface area contributed by atoms with Crippen molar-refractivity contribution in [2.24, 2.45) is 5.92 Å². The van der Waals surface area contributed by atoms with Crippen molar-refractivity contribution in [2.45, 2.75) is 32.8 Å². The van der Waals surface area contributed by atoms with Crippen LogP contribution in [0.5, 0.6) is 0 Å². The van der Waals surface area contributed by atoms with Crippen LogP contribution < -0.4 is 0 Å². The van der Waals surface area contributed by atoms with Crippen molar-refractivity contribution < 1.29 is 13.9 Å². The third-order valence-corrected chi connectivity index (χ3v) is 1.79. The van der Waals surface area contributed by atoms with Crippen molar-refractivity contribution >= 4 is 5.97 Å². The molecule has 1 atom stereocenters. The summed E-state index contributed by atoms with van der Waals surface area (Å²) in [5.74, 6) is -0.557. The van der Waals surface area contributed by atoms with Gasteiger partial charge in [0.05, 0.1) is 0 Å². The van der Waals surface area contributed by atoms with Gasteiger partial charge in [0, 0.05) is 0 Å². The molecule has 0 saturated carbocycles. The van der Waals surface area contributed by atoms with Gasteiger partial charge in [-0.25, -0.2) is 9.18 Å². The Labute approximate surface area is 78.8 Å². The van der Waals surface area contributed by atoms with Gasteiger partial charge in [0.1, 0.15) is 6.10 Å². The van der Waals surface area contributed by atoms with Crippen molar-refractivity contribution in [3.8, 4) is 0 Å². The van der Waals surface area contributed by atoms with Crippen molar-refractivity contribution in [1.29, 1.82) is 0 Å². The third kappa shape index (κ3) is 5.39. The molecule has 0 aromatic heterocycles. The summed E-state index contributed by atoms with van der Waals surface area (Å²) >= 11 is 0. The molecule has 0 aliphatic carbocycles. The van der Waals surface area contributed by atoms with Crippen LogP contribution in [0.25, 0.3) is 0 Å². The normalized spacial score (nSPS) is 12.6. The Kier molecular flexibility index (Phi) is 6.20. The largest absolute Gasteiger partial charge is 0.460 e. The summed E-state index contributed by atoms with van der Waals surface area (Å²) in [4.78, 5) is 10.7. The van der Waals surface area contributed by atoms with Crippen LogP contribution in [0.1, 0.15) is 26.7 Å². The maximum absolute atomic E-state index is 11.8. The molecular weight excluding hydrogens is 171 g/mol. The molecule has 0 amide bonds. The van der Waals surface area contributed by atoms with Gasteiger partial charge in [-0.2, -0.15) is 0 Å². The molecule has 0 bridgehead atoms. The number of rotatable bonds is 6. The first-order valence-corrected chi connectivity index (χ1v) is 4.48. The third-order valence-electron chi connectivity index (χ3n) is 1.79. The lowest BCUT2D eigenvalue weighted by molar-refractivity contribution is -0.152. The molecule has 0 aliphatic rings. The van der Waals surface area contributed by atoms with E-state index in [1.165, 1.54) is 0 Å². The van der Waals surface area contributed by atoms with Gasteiger partial charge in [0.2, 0.25) is 0 Å². The summed E-state index contributed by atoms with van der Waals surface area (Å²) < 4.78 is 16.7. The average molecular weight is 188 g/mol. The van der Waals surface area contributed by atoms with Crippen LogP contribution in [-0.2, 0) is 9.53 Å². The number of esters is 1. The van der Waals surface area contributed by atoms with E-state index in [0.717, 1.165) is 6.42 Å². The Hall–Kier alpha value is -0.860. The van der Waals surface area contributed by atoms with E-state index < -0.39 is 12.6 Å². The molecule has 0 aliphatic heterocycles. The van der Waals surface area contributed by atoms with Crippen molar-refractivity contribution in [3.63, 3.8) is 0 Å². The van der Waals surface area contributed by atoms with Crippen molar-refractivity contribution in [1.82, 2.24) is 0 Å². The molecule has 0 aromatic carbocycles. The highest BCUT2D eigenvalue weighted by atomic mass is 19.1. The van der Waals surface area contributed by atoms with E-state index in [1.54, 1.807) is 6.08 Å². The van der Waals surface area contributed by atoms with E-state index in [9.17, 15) is 9.18 Å². The van der Waals surface area contributed by atoms with Gasteiger partial charge >= 0.3 is 5.97 Å². The highest BCUT2D eigenvalue weighted by molar-refractivity contribution is 5.70. The van der Waals surface area contributed by atoms with Gasteiger partial charge in [-0.3, -0.25) is 0 Å². The fraction of sp³-hybridized carbons (Fsp3) is 0.700. The molecule has 0 saturated heterocycles. The molecular formula is C10H17FO2. The smallest absolute Gasteiger partial charge is 0.337 e. The second kappa shape index (κ2) is 6.63. The first-order valence-electron chi connectivity index (χ1n) is 4.48. The van der Waals surface area contributed by atoms with Crippen LogP contribution in [0.3, 0.4) is 0 Å². The highest BCUT2D eigenvalue weighted by Crippen LogP contribution is 2.13. The van der Waals surface area contributed by atoms with Crippen molar-refractivity contribution in [2.75, 3.05) is 6.67 Å². The Morgan fingerprint density at radius 3 is 2.62 bits per heavy atom. The van der Waals surface area contributed by atoms with Crippen LogP contribution >= 0.6 is 0 Å². The molecule has 0 spiro atoms. The lowest BCUT2D eigenvalue weighted by Gasteiger charge is -2.19. The predicted molar refractivity (Wildman–Crippen MR) is 50.1 cm³/mol. The van der Waals surface area contributed by atoms with Crippen LogP contribution in [0.2, 0.25) is 0 Å². The second-order valence-electron chi connectivity index (χ2n) is 3.27. The maximum atomic E-state index is 11.8. The number of halogens is 1. The fourth-order valence-corrected chi connectivity index (χ4v) is 1.01. The van der Waals surface area contributed by atoms with Gasteiger partial charge in [-0.05, 0) is 18.8 Å². The van der Waals surface area contributed by atoms with E-state index in [4.69, 9.17) is 4.74 Å². The number of alkyl halides is 1. The summed E-state index contributed by atoms with van der Waals surface area (Å²) in [5.41, 5.74) is 0. The van der Waals surface area contributed by atoms with Gasteiger partial charge in [0.15, 0.2) is 6.67 Å². The summed E-state index contributed by atoms with van der Waals surface area (Å²) in [6.07, 6.45) is 3.06. The minimum Gasteiger partial charge on any atom is -0.460 e. The average Bonchev–Trinajstić information content (AvgIpc) is 2.11. The van der Waals surface area contributed by atoms with Gasteiger partial charge in [-0.1, -0.05) is 19.9 Å². The summed E-state index contributed by atoms with van der Waals surface area (Å²) in [5, 5.41) is 0. The zero-order valence-corrected chi connectivity index (χ0v) is 8.25. The van der Waals surface area contributed by atoms with Gasteiger partial charge in [-0.15, -0.1) is 6.58 Å². The fourth-order valence-electron chi connectivity index (χ4n) is 1.01. The van der Waals surface area contributed by atoms with E-state index in [1.807, 2.05) is 13.8 Å². The molecule has 76 valence electrons. The number of allylic oxidation sites excluding steroid dienone is 1. The number of ether oxygens (including phenoxy) is 1. The first-order chi connectivity index (χ1) is 6.11. The van der Waals surface area contributed by atoms with E-state index in [2.05, 4.69) is 6.58 Å².